The van der Waals surface area contributed by atoms with E-state index in [1.54, 1.807) is 0 Å². The van der Waals surface area contributed by atoms with Crippen molar-refractivity contribution in [1.82, 2.24) is 9.97 Å². The lowest BCUT2D eigenvalue weighted by molar-refractivity contribution is 0.646. The SMILES string of the molecule is CN(C)c1ccc(-c2cncc(N3CCN(c4ccc(Cl)cc4)CC3)n2)cc1. The van der Waals surface area contributed by atoms with Gasteiger partial charge in [-0.25, -0.2) is 4.98 Å². The van der Waals surface area contributed by atoms with Gasteiger partial charge in [0, 0.05) is 62.2 Å². The Morgan fingerprint density at radius 3 is 2.11 bits per heavy atom. The van der Waals surface area contributed by atoms with Gasteiger partial charge in [-0.15, -0.1) is 0 Å². The summed E-state index contributed by atoms with van der Waals surface area (Å²) in [7, 11) is 4.08. The number of halogens is 1. The van der Waals surface area contributed by atoms with Crippen molar-refractivity contribution in [2.24, 2.45) is 0 Å². The highest BCUT2D eigenvalue weighted by Crippen LogP contribution is 2.24. The molecule has 144 valence electrons. The molecule has 0 N–H and O–H groups in total. The normalized spacial score (nSPS) is 14.2. The lowest BCUT2D eigenvalue weighted by Gasteiger charge is -2.36. The fourth-order valence-electron chi connectivity index (χ4n) is 3.42. The zero-order valence-electron chi connectivity index (χ0n) is 16.2. The minimum atomic E-state index is 0.771. The molecular weight excluding hydrogens is 370 g/mol. The molecule has 1 aliphatic heterocycles. The van der Waals surface area contributed by atoms with Crippen LogP contribution in [-0.2, 0) is 0 Å². The van der Waals surface area contributed by atoms with E-state index in [0.717, 1.165) is 48.3 Å². The Balaban J connectivity index is 1.45. The van der Waals surface area contributed by atoms with Crippen LogP contribution in [0, 0.1) is 0 Å². The summed E-state index contributed by atoms with van der Waals surface area (Å²) in [5.74, 6) is 0.935. The summed E-state index contributed by atoms with van der Waals surface area (Å²) in [6.07, 6.45) is 3.69. The Morgan fingerprint density at radius 1 is 0.821 bits per heavy atom. The van der Waals surface area contributed by atoms with E-state index in [-0.39, 0.29) is 0 Å². The maximum absolute atomic E-state index is 6.00. The average Bonchev–Trinajstić information content (AvgIpc) is 2.75. The number of aromatic nitrogens is 2. The second kappa shape index (κ2) is 8.07. The lowest BCUT2D eigenvalue weighted by atomic mass is 10.1. The van der Waals surface area contributed by atoms with Gasteiger partial charge in [0.2, 0.25) is 0 Å². The molecule has 0 radical (unpaired) electrons. The molecule has 0 atom stereocenters. The summed E-state index contributed by atoms with van der Waals surface area (Å²) < 4.78 is 0. The monoisotopic (exact) mass is 393 g/mol. The maximum Gasteiger partial charge on any atom is 0.147 e. The number of nitrogens with zero attached hydrogens (tertiary/aromatic N) is 5. The van der Waals surface area contributed by atoms with Crippen LogP contribution in [-0.4, -0.2) is 50.2 Å². The largest absolute Gasteiger partial charge is 0.378 e. The van der Waals surface area contributed by atoms with Gasteiger partial charge in [-0.1, -0.05) is 23.7 Å². The van der Waals surface area contributed by atoms with Crippen molar-refractivity contribution >= 4 is 28.8 Å². The predicted molar refractivity (Wildman–Crippen MR) is 118 cm³/mol. The highest BCUT2D eigenvalue weighted by Gasteiger charge is 2.19. The van der Waals surface area contributed by atoms with Crippen molar-refractivity contribution in [3.63, 3.8) is 0 Å². The fourth-order valence-corrected chi connectivity index (χ4v) is 3.55. The van der Waals surface area contributed by atoms with Gasteiger partial charge in [0.1, 0.15) is 5.82 Å². The number of anilines is 3. The number of hydrogen-bond donors (Lipinski definition) is 0. The standard InChI is InChI=1S/C22H24ClN5/c1-26(2)19-7-3-17(4-8-19)21-15-24-16-22(25-21)28-13-11-27(12-14-28)20-9-5-18(23)6-10-20/h3-10,15-16H,11-14H2,1-2H3. The number of hydrogen-bond acceptors (Lipinski definition) is 5. The quantitative estimate of drug-likeness (QED) is 0.664. The first kappa shape index (κ1) is 18.6. The van der Waals surface area contributed by atoms with E-state index in [9.17, 15) is 0 Å². The van der Waals surface area contributed by atoms with Crippen molar-refractivity contribution in [3.8, 4) is 11.3 Å². The Kier molecular flexibility index (Phi) is 5.35. The highest BCUT2D eigenvalue weighted by molar-refractivity contribution is 6.30. The summed E-state index contributed by atoms with van der Waals surface area (Å²) >= 11 is 6.00. The molecule has 28 heavy (non-hydrogen) atoms. The molecule has 0 unspecified atom stereocenters. The van der Waals surface area contributed by atoms with Crippen molar-refractivity contribution in [1.29, 1.82) is 0 Å². The Bertz CT molecular complexity index is 916. The topological polar surface area (TPSA) is 35.5 Å². The van der Waals surface area contributed by atoms with E-state index in [1.807, 2.05) is 38.6 Å². The summed E-state index contributed by atoms with van der Waals surface area (Å²) in [5.41, 5.74) is 4.37. The van der Waals surface area contributed by atoms with Gasteiger partial charge in [0.15, 0.2) is 0 Å². The smallest absolute Gasteiger partial charge is 0.147 e. The van der Waals surface area contributed by atoms with E-state index < -0.39 is 0 Å². The predicted octanol–water partition coefficient (Wildman–Crippen LogP) is 4.19. The van der Waals surface area contributed by atoms with Gasteiger partial charge in [0.25, 0.3) is 0 Å². The molecule has 0 bridgehead atoms. The zero-order chi connectivity index (χ0) is 19.5. The molecule has 1 fully saturated rings. The Labute approximate surface area is 171 Å². The first-order valence-corrected chi connectivity index (χ1v) is 9.83. The van der Waals surface area contributed by atoms with Crippen LogP contribution in [0.5, 0.6) is 0 Å². The summed E-state index contributed by atoms with van der Waals surface area (Å²) in [4.78, 5) is 16.1. The third-order valence-electron chi connectivity index (χ3n) is 5.10. The van der Waals surface area contributed by atoms with Gasteiger partial charge in [-0.2, -0.15) is 0 Å². The van der Waals surface area contributed by atoms with Gasteiger partial charge in [-0.05, 0) is 36.4 Å². The number of benzene rings is 2. The van der Waals surface area contributed by atoms with E-state index in [1.165, 1.54) is 11.4 Å². The zero-order valence-corrected chi connectivity index (χ0v) is 17.0. The van der Waals surface area contributed by atoms with E-state index in [0.29, 0.717) is 0 Å². The molecule has 2 heterocycles. The molecule has 1 aliphatic rings. The van der Waals surface area contributed by atoms with Gasteiger partial charge >= 0.3 is 0 Å². The van der Waals surface area contributed by atoms with Crippen LogP contribution >= 0.6 is 11.6 Å². The Morgan fingerprint density at radius 2 is 1.46 bits per heavy atom. The molecule has 3 aromatic rings. The minimum absolute atomic E-state index is 0.771. The number of rotatable bonds is 4. The van der Waals surface area contributed by atoms with Crippen LogP contribution in [0.3, 0.4) is 0 Å². The van der Waals surface area contributed by atoms with Crippen LogP contribution in [0.4, 0.5) is 17.2 Å². The molecule has 1 saturated heterocycles. The third-order valence-corrected chi connectivity index (χ3v) is 5.35. The fraction of sp³-hybridized carbons (Fsp3) is 0.273. The van der Waals surface area contributed by atoms with E-state index in [4.69, 9.17) is 16.6 Å². The van der Waals surface area contributed by atoms with Crippen LogP contribution in [0.1, 0.15) is 0 Å². The molecule has 5 nitrogen and oxygen atoms in total. The summed E-state index contributed by atoms with van der Waals surface area (Å²) in [6, 6.07) is 16.5. The Hall–Kier alpha value is -2.79. The van der Waals surface area contributed by atoms with Gasteiger partial charge in [0.05, 0.1) is 18.1 Å². The van der Waals surface area contributed by atoms with Crippen molar-refractivity contribution in [3.05, 3.63) is 65.9 Å². The maximum atomic E-state index is 6.00. The van der Waals surface area contributed by atoms with Crippen LogP contribution in [0.2, 0.25) is 5.02 Å². The minimum Gasteiger partial charge on any atom is -0.378 e. The van der Waals surface area contributed by atoms with Crippen LogP contribution in [0.15, 0.2) is 60.9 Å². The second-order valence-electron chi connectivity index (χ2n) is 7.15. The molecular formula is C22H24ClN5. The van der Waals surface area contributed by atoms with E-state index >= 15 is 0 Å². The highest BCUT2D eigenvalue weighted by atomic mass is 35.5. The summed E-state index contributed by atoms with van der Waals surface area (Å²) in [6.45, 7) is 3.73. The van der Waals surface area contributed by atoms with Gasteiger partial charge < -0.3 is 14.7 Å². The number of piperazine rings is 1. The molecule has 0 aliphatic carbocycles. The van der Waals surface area contributed by atoms with Crippen LogP contribution < -0.4 is 14.7 Å². The van der Waals surface area contributed by atoms with Crippen molar-refractivity contribution in [2.75, 3.05) is 55.0 Å². The second-order valence-corrected chi connectivity index (χ2v) is 7.59. The van der Waals surface area contributed by atoms with Crippen LogP contribution in [0.25, 0.3) is 11.3 Å². The van der Waals surface area contributed by atoms with E-state index in [2.05, 4.69) is 56.1 Å². The van der Waals surface area contributed by atoms with Gasteiger partial charge in [-0.3, -0.25) is 4.98 Å². The average molecular weight is 394 g/mol. The molecule has 6 heteroatoms. The first-order chi connectivity index (χ1) is 13.6. The molecule has 0 saturated carbocycles. The summed E-state index contributed by atoms with van der Waals surface area (Å²) in [5, 5.41) is 0.771. The molecule has 4 rings (SSSR count). The van der Waals surface area contributed by atoms with Crippen molar-refractivity contribution < 1.29 is 0 Å². The van der Waals surface area contributed by atoms with Crippen molar-refractivity contribution in [2.45, 2.75) is 0 Å². The molecule has 0 amide bonds. The molecule has 1 aromatic heterocycles. The third kappa shape index (κ3) is 4.04. The lowest BCUT2D eigenvalue weighted by Crippen LogP contribution is -2.46. The first-order valence-electron chi connectivity index (χ1n) is 9.45. The molecule has 2 aromatic carbocycles. The molecule has 0 spiro atoms.